The summed E-state index contributed by atoms with van der Waals surface area (Å²) < 4.78 is 40.3. The van der Waals surface area contributed by atoms with E-state index >= 15 is 0 Å². The summed E-state index contributed by atoms with van der Waals surface area (Å²) in [7, 11) is -0.223. The highest BCUT2D eigenvalue weighted by molar-refractivity contribution is 7.92. The highest BCUT2D eigenvalue weighted by Crippen LogP contribution is 2.51. The second-order valence-electron chi connectivity index (χ2n) is 9.67. The van der Waals surface area contributed by atoms with Gasteiger partial charge < -0.3 is 14.4 Å². The van der Waals surface area contributed by atoms with Crippen LogP contribution in [0.25, 0.3) is 0 Å². The van der Waals surface area contributed by atoms with Gasteiger partial charge in [0.05, 0.1) is 28.8 Å². The van der Waals surface area contributed by atoms with Crippen molar-refractivity contribution in [2.75, 3.05) is 36.8 Å². The van der Waals surface area contributed by atoms with E-state index < -0.39 is 22.2 Å². The van der Waals surface area contributed by atoms with E-state index in [1.807, 2.05) is 25.1 Å². The Hall–Kier alpha value is -3.29. The number of likely N-dealkylation sites (N-methyl/N-ethyl adjacent to an activating group) is 1. The van der Waals surface area contributed by atoms with Crippen LogP contribution in [0.5, 0.6) is 5.75 Å². The van der Waals surface area contributed by atoms with Gasteiger partial charge in [-0.05, 0) is 81.6 Å². The van der Waals surface area contributed by atoms with Gasteiger partial charge in [0.25, 0.3) is 10.0 Å². The molecule has 1 N–H and O–H groups in total. The standard InChI is InChI=1S/C25H28N4O5S/c1-28(2)14-19-15-29(35(31,32)20-5-3-4-16(10-20)13-26)22-12-18(7-9-23(22)33-19)27-25(30)34-24-11-17-6-8-21(17)24/h3-5,7,9-10,12,17,19,21,24H,6,8,11,14-15H2,1-2H3,(H,27,30)/t17-,19-,21?,24+/m0/s1. The highest BCUT2D eigenvalue weighted by Gasteiger charge is 2.49. The maximum atomic E-state index is 13.7. The van der Waals surface area contributed by atoms with E-state index in [0.29, 0.717) is 35.5 Å². The molecule has 3 aliphatic rings. The zero-order valence-electron chi connectivity index (χ0n) is 19.7. The van der Waals surface area contributed by atoms with E-state index in [9.17, 15) is 18.5 Å². The Morgan fingerprint density at radius 2 is 2.09 bits per heavy atom. The van der Waals surface area contributed by atoms with E-state index in [1.54, 1.807) is 30.3 Å². The van der Waals surface area contributed by atoms with E-state index in [-0.39, 0.29) is 23.1 Å². The number of fused-ring (bicyclic) bond motifs is 2. The number of carbonyl (C=O) groups excluding carboxylic acids is 1. The second-order valence-corrected chi connectivity index (χ2v) is 11.5. The van der Waals surface area contributed by atoms with Crippen molar-refractivity contribution in [3.8, 4) is 11.8 Å². The highest BCUT2D eigenvalue weighted by atomic mass is 32.2. The fraction of sp³-hybridized carbons (Fsp3) is 0.440. The van der Waals surface area contributed by atoms with E-state index in [2.05, 4.69) is 5.32 Å². The van der Waals surface area contributed by atoms with Gasteiger partial charge >= 0.3 is 6.09 Å². The van der Waals surface area contributed by atoms with E-state index in [4.69, 9.17) is 9.47 Å². The largest absolute Gasteiger partial charge is 0.485 e. The van der Waals surface area contributed by atoms with E-state index in [1.165, 1.54) is 22.9 Å². The van der Waals surface area contributed by atoms with Crippen LogP contribution in [0.15, 0.2) is 47.4 Å². The van der Waals surface area contributed by atoms with Crippen LogP contribution < -0.4 is 14.4 Å². The third-order valence-corrected chi connectivity index (χ3v) is 8.78. The number of hydrogen-bond donors (Lipinski definition) is 1. The first kappa shape index (κ1) is 23.5. The fourth-order valence-electron chi connectivity index (χ4n) is 5.05. The van der Waals surface area contributed by atoms with Crippen molar-refractivity contribution >= 4 is 27.5 Å². The average Bonchev–Trinajstić information content (AvgIpc) is 2.81. The Morgan fingerprint density at radius 1 is 1.26 bits per heavy atom. The van der Waals surface area contributed by atoms with Gasteiger partial charge in [-0.2, -0.15) is 5.26 Å². The maximum absolute atomic E-state index is 13.7. The van der Waals surface area contributed by atoms with Crippen molar-refractivity contribution < 1.29 is 22.7 Å². The smallest absolute Gasteiger partial charge is 0.411 e. The molecule has 1 amide bonds. The van der Waals surface area contributed by atoms with Gasteiger partial charge in [-0.3, -0.25) is 9.62 Å². The Kier molecular flexibility index (Phi) is 6.07. The van der Waals surface area contributed by atoms with Crippen LogP contribution in [0.3, 0.4) is 0 Å². The number of rotatable bonds is 6. The summed E-state index contributed by atoms with van der Waals surface area (Å²) in [5.74, 6) is 1.58. The van der Waals surface area contributed by atoms with Crippen molar-refractivity contribution in [1.29, 1.82) is 5.26 Å². The number of anilines is 2. The van der Waals surface area contributed by atoms with Crippen molar-refractivity contribution in [2.24, 2.45) is 11.8 Å². The number of nitrogens with zero attached hydrogens (tertiary/aromatic N) is 3. The van der Waals surface area contributed by atoms with Crippen molar-refractivity contribution in [1.82, 2.24) is 4.90 Å². The molecule has 0 bridgehead atoms. The molecule has 0 saturated heterocycles. The van der Waals surface area contributed by atoms with Crippen LogP contribution >= 0.6 is 0 Å². The van der Waals surface area contributed by atoms with Gasteiger partial charge in [-0.15, -0.1) is 0 Å². The number of nitrogens with one attached hydrogen (secondary N) is 1. The van der Waals surface area contributed by atoms with E-state index in [0.717, 1.165) is 12.8 Å². The van der Waals surface area contributed by atoms with Gasteiger partial charge in [0, 0.05) is 12.2 Å². The molecule has 5 rings (SSSR count). The predicted octanol–water partition coefficient (Wildman–Crippen LogP) is 3.42. The lowest BCUT2D eigenvalue weighted by molar-refractivity contribution is -0.0966. The summed E-state index contributed by atoms with van der Waals surface area (Å²) in [5, 5.41) is 12.0. The molecule has 0 spiro atoms. The normalized spacial score (nSPS) is 24.7. The maximum Gasteiger partial charge on any atom is 0.411 e. The van der Waals surface area contributed by atoms with Crippen LogP contribution in [-0.4, -0.2) is 58.8 Å². The molecule has 9 nitrogen and oxygen atoms in total. The molecule has 35 heavy (non-hydrogen) atoms. The Bertz CT molecular complexity index is 1290. The summed E-state index contributed by atoms with van der Waals surface area (Å²) in [6.07, 6.45) is 2.26. The lowest BCUT2D eigenvalue weighted by Crippen LogP contribution is -2.50. The quantitative estimate of drug-likeness (QED) is 0.652. The first-order chi connectivity index (χ1) is 16.7. The summed E-state index contributed by atoms with van der Waals surface area (Å²) in [6.45, 7) is 0.600. The topological polar surface area (TPSA) is 112 Å². The monoisotopic (exact) mass is 496 g/mol. The summed E-state index contributed by atoms with van der Waals surface area (Å²) in [5.41, 5.74) is 0.994. The lowest BCUT2D eigenvalue weighted by atomic mass is 9.58. The van der Waals surface area contributed by atoms with Gasteiger partial charge in [0.15, 0.2) is 0 Å². The second kappa shape index (κ2) is 9.06. The Balaban J connectivity index is 1.42. The first-order valence-corrected chi connectivity index (χ1v) is 13.1. The minimum atomic E-state index is -4.00. The third kappa shape index (κ3) is 4.54. The summed E-state index contributed by atoms with van der Waals surface area (Å²) in [6, 6.07) is 12.8. The van der Waals surface area contributed by atoms with Crippen molar-refractivity contribution in [3.05, 3.63) is 48.0 Å². The lowest BCUT2D eigenvalue weighted by Gasteiger charge is -2.51. The molecule has 2 aromatic rings. The van der Waals surface area contributed by atoms with Crippen LogP contribution in [0.4, 0.5) is 16.2 Å². The van der Waals surface area contributed by atoms with Gasteiger partial charge in [-0.25, -0.2) is 13.2 Å². The number of sulfonamides is 1. The molecule has 4 atom stereocenters. The van der Waals surface area contributed by atoms with Gasteiger partial charge in [0.1, 0.15) is 18.0 Å². The zero-order valence-corrected chi connectivity index (χ0v) is 20.5. The zero-order chi connectivity index (χ0) is 24.7. The minimum Gasteiger partial charge on any atom is -0.485 e. The van der Waals surface area contributed by atoms with Crippen LogP contribution in [0.2, 0.25) is 0 Å². The Labute approximate surface area is 205 Å². The molecular weight excluding hydrogens is 468 g/mol. The fourth-order valence-corrected chi connectivity index (χ4v) is 6.59. The SMILES string of the molecule is CN(C)C[C@H]1CN(S(=O)(=O)c2cccc(C#N)c2)c2cc(NC(=O)O[C@@H]3C[C@@H]4CCC43)ccc2O1. The molecule has 0 radical (unpaired) electrons. The average molecular weight is 497 g/mol. The number of benzene rings is 2. The number of hydrogen-bond acceptors (Lipinski definition) is 7. The number of ether oxygens (including phenoxy) is 2. The molecule has 2 fully saturated rings. The summed E-state index contributed by atoms with van der Waals surface area (Å²) in [4.78, 5) is 14.4. The molecule has 2 aliphatic carbocycles. The molecule has 1 heterocycles. The molecule has 10 heteroatoms. The van der Waals surface area contributed by atoms with Crippen LogP contribution in [0.1, 0.15) is 24.8 Å². The molecule has 2 saturated carbocycles. The number of amides is 1. The number of nitriles is 1. The molecule has 1 aliphatic heterocycles. The first-order valence-electron chi connectivity index (χ1n) is 11.7. The predicted molar refractivity (Wildman–Crippen MR) is 130 cm³/mol. The van der Waals surface area contributed by atoms with Crippen molar-refractivity contribution in [3.63, 3.8) is 0 Å². The molecule has 0 aromatic heterocycles. The molecule has 184 valence electrons. The third-order valence-electron chi connectivity index (χ3n) is 7.00. The van der Waals surface area contributed by atoms with Crippen LogP contribution in [-0.2, 0) is 14.8 Å². The number of carbonyl (C=O) groups is 1. The van der Waals surface area contributed by atoms with Crippen molar-refractivity contribution in [2.45, 2.75) is 36.4 Å². The Morgan fingerprint density at radius 3 is 2.74 bits per heavy atom. The summed E-state index contributed by atoms with van der Waals surface area (Å²) >= 11 is 0. The van der Waals surface area contributed by atoms with Gasteiger partial charge in [0.2, 0.25) is 0 Å². The van der Waals surface area contributed by atoms with Crippen LogP contribution in [0, 0.1) is 23.2 Å². The molecule has 1 unspecified atom stereocenters. The minimum absolute atomic E-state index is 0.0193. The molecule has 2 aromatic carbocycles. The molecular formula is C25H28N4O5S. The van der Waals surface area contributed by atoms with Gasteiger partial charge in [-0.1, -0.05) is 6.07 Å².